The van der Waals surface area contributed by atoms with Gasteiger partial charge in [0.2, 0.25) is 0 Å². The lowest BCUT2D eigenvalue weighted by atomic mass is 10.2. The predicted molar refractivity (Wildman–Crippen MR) is 124 cm³/mol. The molecule has 1 aromatic heterocycles. The van der Waals surface area contributed by atoms with Crippen molar-refractivity contribution in [2.24, 2.45) is 0 Å². The van der Waals surface area contributed by atoms with Crippen molar-refractivity contribution in [1.82, 2.24) is 9.88 Å². The zero-order chi connectivity index (χ0) is 20.9. The highest BCUT2D eigenvalue weighted by molar-refractivity contribution is 9.10. The van der Waals surface area contributed by atoms with Gasteiger partial charge in [-0.2, -0.15) is 0 Å². The highest BCUT2D eigenvalue weighted by Crippen LogP contribution is 2.32. The minimum atomic E-state index is -0.0319. The molecule has 0 N–H and O–H groups in total. The largest absolute Gasteiger partial charge is 0.497 e. The highest BCUT2D eigenvalue weighted by Gasteiger charge is 2.22. The summed E-state index contributed by atoms with van der Waals surface area (Å²) >= 11 is 4.95. The summed E-state index contributed by atoms with van der Waals surface area (Å²) in [4.78, 5) is 22.3. The van der Waals surface area contributed by atoms with Crippen LogP contribution in [0.25, 0.3) is 10.2 Å². The van der Waals surface area contributed by atoms with Crippen molar-refractivity contribution < 1.29 is 14.3 Å². The average molecular weight is 490 g/mol. The standard InChI is InChI=1S/C22H24BrN3O3S/c1-28-18-7-8-19-20(15-18)30-22(24-19)26(10-2-9-25-11-13-29-14-12-25)21(27)16-3-5-17(23)6-4-16/h3-8,15H,2,9-14H2,1H3. The minimum Gasteiger partial charge on any atom is -0.497 e. The third-order valence-corrected chi connectivity index (χ3v) is 6.68. The SMILES string of the molecule is COc1ccc2nc(N(CCCN3CCOCC3)C(=O)c3ccc(Br)cc3)sc2c1. The van der Waals surface area contributed by atoms with Crippen LogP contribution in [-0.2, 0) is 4.74 Å². The smallest absolute Gasteiger partial charge is 0.260 e. The number of carbonyl (C=O) groups is 1. The number of amides is 1. The summed E-state index contributed by atoms with van der Waals surface area (Å²) in [5.74, 6) is 0.756. The number of benzene rings is 2. The Balaban J connectivity index is 1.57. The van der Waals surface area contributed by atoms with Crippen LogP contribution < -0.4 is 9.64 Å². The second kappa shape index (κ2) is 9.87. The number of aromatic nitrogens is 1. The number of anilines is 1. The Labute approximate surface area is 188 Å². The molecule has 0 saturated carbocycles. The van der Waals surface area contributed by atoms with E-state index in [-0.39, 0.29) is 5.91 Å². The molecule has 4 rings (SSSR count). The number of morpholine rings is 1. The first-order valence-corrected chi connectivity index (χ1v) is 11.6. The Kier molecular flexibility index (Phi) is 6.99. The van der Waals surface area contributed by atoms with Gasteiger partial charge in [0.25, 0.3) is 5.91 Å². The van der Waals surface area contributed by atoms with Crippen LogP contribution >= 0.6 is 27.3 Å². The number of ether oxygens (including phenoxy) is 2. The number of methoxy groups -OCH3 is 1. The number of nitrogens with zero attached hydrogens (tertiary/aromatic N) is 3. The highest BCUT2D eigenvalue weighted by atomic mass is 79.9. The van der Waals surface area contributed by atoms with Crippen molar-refractivity contribution in [3.63, 3.8) is 0 Å². The number of halogens is 1. The molecule has 3 aromatic rings. The molecule has 0 spiro atoms. The molecule has 0 radical (unpaired) electrons. The lowest BCUT2D eigenvalue weighted by Crippen LogP contribution is -2.39. The summed E-state index contributed by atoms with van der Waals surface area (Å²) in [6.07, 6.45) is 0.877. The topological polar surface area (TPSA) is 54.9 Å². The van der Waals surface area contributed by atoms with E-state index >= 15 is 0 Å². The van der Waals surface area contributed by atoms with Crippen molar-refractivity contribution in [1.29, 1.82) is 0 Å². The van der Waals surface area contributed by atoms with E-state index in [1.807, 2.05) is 42.5 Å². The van der Waals surface area contributed by atoms with Crippen LogP contribution in [0.1, 0.15) is 16.8 Å². The molecule has 8 heteroatoms. The lowest BCUT2D eigenvalue weighted by Gasteiger charge is -2.27. The van der Waals surface area contributed by atoms with Crippen LogP contribution in [0.3, 0.4) is 0 Å². The molecule has 2 heterocycles. The summed E-state index contributed by atoms with van der Waals surface area (Å²) in [6.45, 7) is 5.00. The summed E-state index contributed by atoms with van der Waals surface area (Å²) in [5, 5.41) is 0.716. The molecule has 158 valence electrons. The van der Waals surface area contributed by atoms with E-state index in [4.69, 9.17) is 14.5 Å². The molecule has 0 bridgehead atoms. The average Bonchev–Trinajstić information content (AvgIpc) is 3.20. The number of fused-ring (bicyclic) bond motifs is 1. The number of thiazole rings is 1. The number of rotatable bonds is 7. The Bertz CT molecular complexity index is 1000. The quantitative estimate of drug-likeness (QED) is 0.491. The third-order valence-electron chi connectivity index (χ3n) is 5.11. The van der Waals surface area contributed by atoms with Gasteiger partial charge < -0.3 is 9.47 Å². The van der Waals surface area contributed by atoms with Gasteiger partial charge in [-0.1, -0.05) is 27.3 Å². The van der Waals surface area contributed by atoms with E-state index in [1.165, 1.54) is 11.3 Å². The molecule has 0 atom stereocenters. The van der Waals surface area contributed by atoms with Gasteiger partial charge >= 0.3 is 0 Å². The number of hydrogen-bond donors (Lipinski definition) is 0. The second-order valence-electron chi connectivity index (χ2n) is 7.10. The maximum atomic E-state index is 13.4. The van der Waals surface area contributed by atoms with Gasteiger partial charge in [-0.3, -0.25) is 14.6 Å². The molecule has 1 fully saturated rings. The normalized spacial score (nSPS) is 14.7. The fourth-order valence-electron chi connectivity index (χ4n) is 3.44. The fraction of sp³-hybridized carbons (Fsp3) is 0.364. The first-order valence-electron chi connectivity index (χ1n) is 9.96. The molecule has 1 saturated heterocycles. The van der Waals surface area contributed by atoms with Crippen LogP contribution in [0.5, 0.6) is 5.75 Å². The molecule has 1 amide bonds. The fourth-order valence-corrected chi connectivity index (χ4v) is 4.73. The zero-order valence-electron chi connectivity index (χ0n) is 16.8. The van der Waals surface area contributed by atoms with Crippen molar-refractivity contribution in [3.8, 4) is 5.75 Å². The Morgan fingerprint density at radius 3 is 2.73 bits per heavy atom. The van der Waals surface area contributed by atoms with Gasteiger partial charge in [-0.25, -0.2) is 4.98 Å². The molecular weight excluding hydrogens is 466 g/mol. The minimum absolute atomic E-state index is 0.0319. The van der Waals surface area contributed by atoms with E-state index in [9.17, 15) is 4.79 Å². The second-order valence-corrected chi connectivity index (χ2v) is 9.03. The maximum Gasteiger partial charge on any atom is 0.260 e. The molecular formula is C22H24BrN3O3S. The van der Waals surface area contributed by atoms with E-state index in [2.05, 4.69) is 20.8 Å². The molecule has 0 unspecified atom stereocenters. The van der Waals surface area contributed by atoms with Gasteiger partial charge in [0, 0.05) is 36.2 Å². The first kappa shape index (κ1) is 21.2. The summed E-state index contributed by atoms with van der Waals surface area (Å²) in [6, 6.07) is 13.3. The Hall–Kier alpha value is -2.00. The molecule has 2 aromatic carbocycles. The van der Waals surface area contributed by atoms with Crippen LogP contribution in [0.15, 0.2) is 46.9 Å². The molecule has 1 aliphatic heterocycles. The van der Waals surface area contributed by atoms with Crippen LogP contribution in [0, 0.1) is 0 Å². The number of hydrogen-bond acceptors (Lipinski definition) is 6. The summed E-state index contributed by atoms with van der Waals surface area (Å²) < 4.78 is 12.7. The van der Waals surface area contributed by atoms with Crippen molar-refractivity contribution in [2.75, 3.05) is 51.4 Å². The van der Waals surface area contributed by atoms with Crippen molar-refractivity contribution in [3.05, 3.63) is 52.5 Å². The summed E-state index contributed by atoms with van der Waals surface area (Å²) in [5.41, 5.74) is 1.53. The van der Waals surface area contributed by atoms with Gasteiger partial charge in [0.15, 0.2) is 5.13 Å². The zero-order valence-corrected chi connectivity index (χ0v) is 19.2. The number of carbonyl (C=O) groups excluding carboxylic acids is 1. The van der Waals surface area contributed by atoms with E-state index in [0.29, 0.717) is 17.2 Å². The maximum absolute atomic E-state index is 13.4. The van der Waals surface area contributed by atoms with Crippen molar-refractivity contribution >= 4 is 48.5 Å². The predicted octanol–water partition coefficient (Wildman–Crippen LogP) is 4.44. The van der Waals surface area contributed by atoms with Crippen molar-refractivity contribution in [2.45, 2.75) is 6.42 Å². The monoisotopic (exact) mass is 489 g/mol. The van der Waals surface area contributed by atoms with Crippen LogP contribution in [0.2, 0.25) is 0 Å². The van der Waals surface area contributed by atoms with Gasteiger partial charge in [0.05, 0.1) is 30.5 Å². The van der Waals surface area contributed by atoms with Crippen LogP contribution in [-0.4, -0.2) is 62.3 Å². The van der Waals surface area contributed by atoms with E-state index < -0.39 is 0 Å². The molecule has 0 aliphatic carbocycles. The Morgan fingerprint density at radius 1 is 1.23 bits per heavy atom. The summed E-state index contributed by atoms with van der Waals surface area (Å²) in [7, 11) is 1.65. The third kappa shape index (κ3) is 5.00. The van der Waals surface area contributed by atoms with Gasteiger partial charge in [-0.05, 0) is 48.9 Å². The molecule has 1 aliphatic rings. The van der Waals surface area contributed by atoms with Crippen LogP contribution in [0.4, 0.5) is 5.13 Å². The Morgan fingerprint density at radius 2 is 2.00 bits per heavy atom. The van der Waals surface area contributed by atoms with E-state index in [1.54, 1.807) is 12.0 Å². The van der Waals surface area contributed by atoms with Gasteiger partial charge in [0.1, 0.15) is 5.75 Å². The molecule has 6 nitrogen and oxygen atoms in total. The lowest BCUT2D eigenvalue weighted by molar-refractivity contribution is 0.0376. The molecule has 30 heavy (non-hydrogen) atoms. The first-order chi connectivity index (χ1) is 14.6. The van der Waals surface area contributed by atoms with Gasteiger partial charge in [-0.15, -0.1) is 0 Å². The van der Waals surface area contributed by atoms with E-state index in [0.717, 1.165) is 59.7 Å².